The van der Waals surface area contributed by atoms with E-state index in [1.54, 1.807) is 0 Å². The van der Waals surface area contributed by atoms with Gasteiger partial charge in [-0.3, -0.25) is 4.57 Å². The number of hydrogen-bond acceptors (Lipinski definition) is 8. The summed E-state index contributed by atoms with van der Waals surface area (Å²) in [5.74, 6) is -0.0252. The number of aromatic nitrogens is 2. The van der Waals surface area contributed by atoms with Crippen LogP contribution in [0.5, 0.6) is 0 Å². The van der Waals surface area contributed by atoms with Crippen molar-refractivity contribution in [2.45, 2.75) is 24.2 Å². The molecule has 12 nitrogen and oxygen atoms in total. The van der Waals surface area contributed by atoms with Gasteiger partial charge in [0.15, 0.2) is 6.23 Å². The van der Waals surface area contributed by atoms with Crippen LogP contribution in [0.25, 0.3) is 10.4 Å². The van der Waals surface area contributed by atoms with Crippen LogP contribution < -0.4 is 11.4 Å². The lowest BCUT2D eigenvalue weighted by Crippen LogP contribution is -2.44. The first-order valence-corrected chi connectivity index (χ1v) is 5.51. The molecule has 0 saturated carbocycles. The molecule has 116 valence electrons. The maximum Gasteiger partial charge on any atom is 0.351 e. The second-order valence-corrected chi connectivity index (χ2v) is 4.18. The van der Waals surface area contributed by atoms with Crippen molar-refractivity contribution in [3.8, 4) is 0 Å². The van der Waals surface area contributed by atoms with E-state index in [0.29, 0.717) is 0 Å². The van der Waals surface area contributed by atoms with Crippen molar-refractivity contribution in [1.82, 2.24) is 9.55 Å². The lowest BCUT2D eigenvalue weighted by Gasteiger charge is -2.23. The summed E-state index contributed by atoms with van der Waals surface area (Å²) in [5.41, 5.74) is 10.9. The molecule has 1 aliphatic heterocycles. The lowest BCUT2D eigenvalue weighted by atomic mass is 10.1. The Balaban J connectivity index is 0.00000220. The van der Waals surface area contributed by atoms with Crippen LogP contribution in [0.1, 0.15) is 6.23 Å². The summed E-state index contributed by atoms with van der Waals surface area (Å²) < 4.78 is 6.05. The summed E-state index contributed by atoms with van der Waals surface area (Å²) in [4.78, 5) is 17.6. The number of nitrogen functional groups attached to an aromatic ring is 1. The van der Waals surface area contributed by atoms with Crippen LogP contribution in [0.3, 0.4) is 0 Å². The van der Waals surface area contributed by atoms with E-state index in [4.69, 9.17) is 16.0 Å². The number of anilines is 1. The molecule has 0 aliphatic carbocycles. The number of nitrogens with two attached hydrogens (primary N) is 1. The highest BCUT2D eigenvalue weighted by molar-refractivity contribution is 5.23. The van der Waals surface area contributed by atoms with Gasteiger partial charge in [-0.25, -0.2) is 4.79 Å². The monoisotopic (exact) mass is 302 g/mol. The van der Waals surface area contributed by atoms with Crippen molar-refractivity contribution in [3.05, 3.63) is 33.2 Å². The van der Waals surface area contributed by atoms with Crippen LogP contribution in [0, 0.1) is 0 Å². The van der Waals surface area contributed by atoms with Crippen LogP contribution in [0.2, 0.25) is 0 Å². The average molecular weight is 302 g/mol. The van der Waals surface area contributed by atoms with Crippen LogP contribution in [0.4, 0.5) is 5.82 Å². The average Bonchev–Trinajstić information content (AvgIpc) is 2.65. The van der Waals surface area contributed by atoms with Crippen LogP contribution in [0.15, 0.2) is 22.2 Å². The van der Waals surface area contributed by atoms with Crippen molar-refractivity contribution in [3.63, 3.8) is 0 Å². The molecule has 0 unspecified atom stereocenters. The largest absolute Gasteiger partial charge is 0.412 e. The Kier molecular flexibility index (Phi) is 4.85. The predicted molar refractivity (Wildman–Crippen MR) is 67.6 cm³/mol. The summed E-state index contributed by atoms with van der Waals surface area (Å²) in [7, 11) is 0. The molecule has 2 rings (SSSR count). The van der Waals surface area contributed by atoms with Crippen molar-refractivity contribution < 1.29 is 25.5 Å². The molecule has 1 aromatic heterocycles. The van der Waals surface area contributed by atoms with Crippen molar-refractivity contribution in [1.29, 1.82) is 0 Å². The van der Waals surface area contributed by atoms with Gasteiger partial charge in [0.05, 0.1) is 6.61 Å². The van der Waals surface area contributed by atoms with Gasteiger partial charge in [0.1, 0.15) is 18.0 Å². The van der Waals surface area contributed by atoms with Crippen LogP contribution in [-0.4, -0.2) is 54.9 Å². The molecule has 1 aliphatic rings. The molecular weight excluding hydrogens is 288 g/mol. The second-order valence-electron chi connectivity index (χ2n) is 4.18. The highest BCUT2D eigenvalue weighted by Gasteiger charge is 2.54. The van der Waals surface area contributed by atoms with E-state index in [0.717, 1.165) is 4.57 Å². The van der Waals surface area contributed by atoms with Crippen molar-refractivity contribution in [2.24, 2.45) is 5.11 Å². The minimum absolute atomic E-state index is 0. The molecule has 21 heavy (non-hydrogen) atoms. The molecule has 0 aromatic carbocycles. The van der Waals surface area contributed by atoms with Crippen LogP contribution in [-0.2, 0) is 4.74 Å². The first-order chi connectivity index (χ1) is 9.45. The number of ether oxygens (including phenoxy) is 1. The zero-order valence-corrected chi connectivity index (χ0v) is 10.6. The zero-order chi connectivity index (χ0) is 14.9. The Morgan fingerprint density at radius 3 is 2.81 bits per heavy atom. The molecule has 1 saturated heterocycles. The van der Waals surface area contributed by atoms with Gasteiger partial charge in [-0.05, 0) is 11.6 Å². The molecule has 12 heteroatoms. The van der Waals surface area contributed by atoms with Crippen LogP contribution >= 0.6 is 0 Å². The Morgan fingerprint density at radius 1 is 1.62 bits per heavy atom. The van der Waals surface area contributed by atoms with E-state index < -0.39 is 36.5 Å². The summed E-state index contributed by atoms with van der Waals surface area (Å²) in [6.07, 6.45) is -3.48. The normalized spacial score (nSPS) is 31.3. The van der Waals surface area contributed by atoms with E-state index >= 15 is 0 Å². The van der Waals surface area contributed by atoms with E-state index in [1.165, 1.54) is 12.3 Å². The molecule has 0 radical (unpaired) electrons. The van der Waals surface area contributed by atoms with Gasteiger partial charge in [-0.15, -0.1) is 0 Å². The van der Waals surface area contributed by atoms with E-state index in [9.17, 15) is 20.1 Å². The maximum atomic E-state index is 11.7. The minimum atomic E-state index is -2.07. The Labute approximate surface area is 117 Å². The number of aliphatic hydroxyl groups excluding tert-OH is 3. The molecule has 1 fully saturated rings. The lowest BCUT2D eigenvalue weighted by molar-refractivity contribution is -0.125. The summed E-state index contributed by atoms with van der Waals surface area (Å²) in [5, 5.41) is 32.2. The highest BCUT2D eigenvalue weighted by atomic mass is 16.6. The first-order valence-electron chi connectivity index (χ1n) is 5.51. The number of nitrogens with zero attached hydrogens (tertiary/aromatic N) is 5. The third-order valence-corrected chi connectivity index (χ3v) is 2.97. The SMILES string of the molecule is O.[N-]=[N+]=N[C@]1(CO)O[C@@H](n2ccc(N)nc2=O)[C@H](O)[C@@H]1O. The first kappa shape index (κ1) is 16.8. The van der Waals surface area contributed by atoms with Gasteiger partial charge in [-0.2, -0.15) is 4.98 Å². The topological polar surface area (TPSA) is 211 Å². The van der Waals surface area contributed by atoms with Gasteiger partial charge >= 0.3 is 5.69 Å². The number of azide groups is 1. The smallest absolute Gasteiger partial charge is 0.351 e. The van der Waals surface area contributed by atoms with Gasteiger partial charge in [0.25, 0.3) is 0 Å². The third-order valence-electron chi connectivity index (χ3n) is 2.97. The Hall–Kier alpha value is -2.21. The van der Waals surface area contributed by atoms with Gasteiger partial charge in [-0.1, -0.05) is 5.11 Å². The standard InChI is InChI=1S/C9H12N6O5.H2O/c10-4-1-2-15(8(19)12-4)7-5(17)6(18)9(3-16,20-7)13-14-11;/h1-2,5-7,16-18H,3H2,(H2,10,12,19);1H2/t5-,6+,7-,9-;/m1./s1. The molecule has 4 atom stereocenters. The second kappa shape index (κ2) is 6.05. The Bertz CT molecular complexity index is 615. The third kappa shape index (κ3) is 2.67. The molecule has 1 aromatic rings. The molecule has 0 bridgehead atoms. The van der Waals surface area contributed by atoms with E-state index in [2.05, 4.69) is 15.0 Å². The van der Waals surface area contributed by atoms with Crippen molar-refractivity contribution >= 4 is 5.82 Å². The summed E-state index contributed by atoms with van der Waals surface area (Å²) in [6.45, 7) is -0.872. The predicted octanol–water partition coefficient (Wildman–Crippen LogP) is -2.75. The quantitative estimate of drug-likeness (QED) is 0.262. The number of rotatable bonds is 3. The molecule has 0 amide bonds. The van der Waals surface area contributed by atoms with Crippen molar-refractivity contribution in [2.75, 3.05) is 12.3 Å². The number of hydrogen-bond donors (Lipinski definition) is 4. The number of aliphatic hydroxyl groups is 3. The fourth-order valence-electron chi connectivity index (χ4n) is 1.93. The fourth-order valence-corrected chi connectivity index (χ4v) is 1.93. The van der Waals surface area contributed by atoms with Gasteiger partial charge in [0, 0.05) is 11.1 Å². The molecular formula is C9H14N6O6. The minimum Gasteiger partial charge on any atom is -0.412 e. The molecule has 0 spiro atoms. The Morgan fingerprint density at radius 2 is 2.29 bits per heavy atom. The van der Waals surface area contributed by atoms with E-state index in [-0.39, 0.29) is 11.3 Å². The highest BCUT2D eigenvalue weighted by Crippen LogP contribution is 2.37. The maximum absolute atomic E-state index is 11.7. The van der Waals surface area contributed by atoms with Gasteiger partial charge in [0.2, 0.25) is 5.72 Å². The molecule has 7 N–H and O–H groups in total. The summed E-state index contributed by atoms with van der Waals surface area (Å²) >= 11 is 0. The summed E-state index contributed by atoms with van der Waals surface area (Å²) in [6, 6.07) is 1.29. The van der Waals surface area contributed by atoms with E-state index in [1.807, 2.05) is 0 Å². The van der Waals surface area contributed by atoms with Gasteiger partial charge < -0.3 is 31.3 Å². The molecule has 2 heterocycles. The zero-order valence-electron chi connectivity index (χ0n) is 10.6. The fraction of sp³-hybridized carbons (Fsp3) is 0.556.